The number of imidazole rings is 1. The van der Waals surface area contributed by atoms with Crippen LogP contribution in [-0.2, 0) is 10.9 Å². The highest BCUT2D eigenvalue weighted by molar-refractivity contribution is 5.93. The zero-order valence-corrected chi connectivity index (χ0v) is 11.0. The van der Waals surface area contributed by atoms with Crippen molar-refractivity contribution in [2.45, 2.75) is 13.1 Å². The maximum Gasteiger partial charge on any atom is 0.416 e. The number of aromatic nitrogens is 2. The summed E-state index contributed by atoms with van der Waals surface area (Å²) in [6.07, 6.45) is -3.17. The standard InChI is InChI=1S/C13H12F3N3O2/c1-2-21-12(20)10-11(17)18-7-19(10)9-5-3-8(4-6-9)13(14,15)16/h3-7H,2,17H2,1H3. The van der Waals surface area contributed by atoms with Crippen LogP contribution in [0.5, 0.6) is 0 Å². The lowest BCUT2D eigenvalue weighted by atomic mass is 10.2. The number of hydrogen-bond donors (Lipinski definition) is 1. The molecule has 2 rings (SSSR count). The van der Waals surface area contributed by atoms with Crippen molar-refractivity contribution in [2.24, 2.45) is 0 Å². The number of anilines is 1. The Balaban J connectivity index is 2.41. The second-order valence-corrected chi connectivity index (χ2v) is 4.11. The molecule has 1 aromatic carbocycles. The molecule has 8 heteroatoms. The Morgan fingerprint density at radius 2 is 1.95 bits per heavy atom. The van der Waals surface area contributed by atoms with Gasteiger partial charge < -0.3 is 10.5 Å². The molecule has 0 aliphatic heterocycles. The Morgan fingerprint density at radius 1 is 1.33 bits per heavy atom. The van der Waals surface area contributed by atoms with Gasteiger partial charge >= 0.3 is 12.1 Å². The van der Waals surface area contributed by atoms with Crippen LogP contribution in [0, 0.1) is 0 Å². The Kier molecular flexibility index (Phi) is 3.88. The summed E-state index contributed by atoms with van der Waals surface area (Å²) in [5.41, 5.74) is 5.13. The van der Waals surface area contributed by atoms with Crippen LogP contribution in [0.3, 0.4) is 0 Å². The van der Waals surface area contributed by atoms with E-state index in [2.05, 4.69) is 4.98 Å². The van der Waals surface area contributed by atoms with Gasteiger partial charge in [0.05, 0.1) is 12.2 Å². The predicted octanol–water partition coefficient (Wildman–Crippen LogP) is 2.65. The van der Waals surface area contributed by atoms with E-state index in [0.29, 0.717) is 5.69 Å². The maximum atomic E-state index is 12.5. The number of carbonyl (C=O) groups excluding carboxylic acids is 1. The second kappa shape index (κ2) is 5.47. The Morgan fingerprint density at radius 3 is 2.48 bits per heavy atom. The molecule has 0 bridgehead atoms. The molecule has 112 valence electrons. The first-order chi connectivity index (χ1) is 9.84. The van der Waals surface area contributed by atoms with Gasteiger partial charge in [0.25, 0.3) is 0 Å². The molecule has 0 fully saturated rings. The smallest absolute Gasteiger partial charge is 0.416 e. The SMILES string of the molecule is CCOC(=O)c1c(N)ncn1-c1ccc(C(F)(F)F)cc1. The molecule has 0 aliphatic carbocycles. The first-order valence-corrected chi connectivity index (χ1v) is 6.02. The van der Waals surface area contributed by atoms with Crippen LogP contribution in [0.15, 0.2) is 30.6 Å². The number of ether oxygens (including phenoxy) is 1. The van der Waals surface area contributed by atoms with Crippen LogP contribution >= 0.6 is 0 Å². The molecule has 0 amide bonds. The molecular weight excluding hydrogens is 287 g/mol. The number of benzene rings is 1. The average Bonchev–Trinajstić information content (AvgIpc) is 2.80. The third kappa shape index (κ3) is 2.99. The summed E-state index contributed by atoms with van der Waals surface area (Å²) >= 11 is 0. The summed E-state index contributed by atoms with van der Waals surface area (Å²) in [7, 11) is 0. The normalized spacial score (nSPS) is 11.4. The van der Waals surface area contributed by atoms with E-state index in [1.165, 1.54) is 23.0 Å². The Bertz CT molecular complexity index is 648. The van der Waals surface area contributed by atoms with Crippen molar-refractivity contribution in [3.05, 3.63) is 41.9 Å². The zero-order chi connectivity index (χ0) is 15.6. The van der Waals surface area contributed by atoms with Crippen LogP contribution in [-0.4, -0.2) is 22.1 Å². The number of alkyl halides is 3. The van der Waals surface area contributed by atoms with Gasteiger partial charge in [0, 0.05) is 5.69 Å². The highest BCUT2D eigenvalue weighted by atomic mass is 19.4. The van der Waals surface area contributed by atoms with E-state index in [9.17, 15) is 18.0 Å². The molecule has 2 aromatic rings. The molecule has 5 nitrogen and oxygen atoms in total. The number of halogens is 3. The van der Waals surface area contributed by atoms with E-state index in [0.717, 1.165) is 12.1 Å². The van der Waals surface area contributed by atoms with Gasteiger partial charge in [-0.1, -0.05) is 0 Å². The molecule has 0 radical (unpaired) electrons. The van der Waals surface area contributed by atoms with Crippen molar-refractivity contribution in [2.75, 3.05) is 12.3 Å². The van der Waals surface area contributed by atoms with Gasteiger partial charge in [0.15, 0.2) is 11.5 Å². The number of carbonyl (C=O) groups is 1. The van der Waals surface area contributed by atoms with Gasteiger partial charge in [-0.3, -0.25) is 4.57 Å². The molecule has 2 N–H and O–H groups in total. The maximum absolute atomic E-state index is 12.5. The van der Waals surface area contributed by atoms with Crippen molar-refractivity contribution in [1.29, 1.82) is 0 Å². The lowest BCUT2D eigenvalue weighted by molar-refractivity contribution is -0.137. The molecule has 1 heterocycles. The fourth-order valence-corrected chi connectivity index (χ4v) is 1.77. The van der Waals surface area contributed by atoms with E-state index >= 15 is 0 Å². The lowest BCUT2D eigenvalue weighted by Crippen LogP contribution is -2.13. The number of esters is 1. The minimum atomic E-state index is -4.42. The van der Waals surface area contributed by atoms with Crippen molar-refractivity contribution in [3.8, 4) is 5.69 Å². The van der Waals surface area contributed by atoms with Gasteiger partial charge in [-0.05, 0) is 31.2 Å². The first-order valence-electron chi connectivity index (χ1n) is 6.02. The predicted molar refractivity (Wildman–Crippen MR) is 68.9 cm³/mol. The lowest BCUT2D eigenvalue weighted by Gasteiger charge is -2.10. The van der Waals surface area contributed by atoms with Crippen molar-refractivity contribution in [3.63, 3.8) is 0 Å². The molecule has 0 saturated heterocycles. The Labute approximate surface area is 118 Å². The van der Waals surface area contributed by atoms with Gasteiger partial charge in [-0.15, -0.1) is 0 Å². The summed E-state index contributed by atoms with van der Waals surface area (Å²) in [5, 5.41) is 0. The molecule has 1 aromatic heterocycles. The number of hydrogen-bond acceptors (Lipinski definition) is 4. The fourth-order valence-electron chi connectivity index (χ4n) is 1.77. The van der Waals surface area contributed by atoms with Gasteiger partial charge in [-0.2, -0.15) is 13.2 Å². The summed E-state index contributed by atoms with van der Waals surface area (Å²) in [6, 6.07) is 4.29. The van der Waals surface area contributed by atoms with Crippen LogP contribution in [0.2, 0.25) is 0 Å². The van der Waals surface area contributed by atoms with E-state index < -0.39 is 17.7 Å². The first kappa shape index (κ1) is 14.9. The minimum Gasteiger partial charge on any atom is -0.461 e. The van der Waals surface area contributed by atoms with E-state index in [4.69, 9.17) is 10.5 Å². The second-order valence-electron chi connectivity index (χ2n) is 4.11. The van der Waals surface area contributed by atoms with Crippen molar-refractivity contribution >= 4 is 11.8 Å². The molecule has 21 heavy (non-hydrogen) atoms. The third-order valence-corrected chi connectivity index (χ3v) is 2.74. The summed E-state index contributed by atoms with van der Waals surface area (Å²) in [4.78, 5) is 15.6. The van der Waals surface area contributed by atoms with E-state index in [1.54, 1.807) is 6.92 Å². The monoisotopic (exact) mass is 299 g/mol. The van der Waals surface area contributed by atoms with Crippen molar-refractivity contribution in [1.82, 2.24) is 9.55 Å². The molecular formula is C13H12F3N3O2. The quantitative estimate of drug-likeness (QED) is 0.885. The van der Waals surface area contributed by atoms with Crippen LogP contribution in [0.25, 0.3) is 5.69 Å². The van der Waals surface area contributed by atoms with Crippen LogP contribution in [0.4, 0.5) is 19.0 Å². The number of rotatable bonds is 3. The molecule has 0 spiro atoms. The van der Waals surface area contributed by atoms with Gasteiger partial charge in [0.2, 0.25) is 0 Å². The van der Waals surface area contributed by atoms with Gasteiger partial charge in [-0.25, -0.2) is 9.78 Å². The number of nitrogens with two attached hydrogens (primary N) is 1. The summed E-state index contributed by atoms with van der Waals surface area (Å²) in [6.45, 7) is 1.78. The highest BCUT2D eigenvalue weighted by Crippen LogP contribution is 2.30. The minimum absolute atomic E-state index is 0.0170. The fraction of sp³-hybridized carbons (Fsp3) is 0.231. The molecule has 0 saturated carbocycles. The molecule has 0 atom stereocenters. The van der Waals surface area contributed by atoms with E-state index in [-0.39, 0.29) is 18.1 Å². The van der Waals surface area contributed by atoms with Gasteiger partial charge in [0.1, 0.15) is 6.33 Å². The number of nitrogen functional groups attached to an aromatic ring is 1. The Hall–Kier alpha value is -2.51. The van der Waals surface area contributed by atoms with Crippen molar-refractivity contribution < 1.29 is 22.7 Å². The van der Waals surface area contributed by atoms with Crippen LogP contribution < -0.4 is 5.73 Å². The molecule has 0 unspecified atom stereocenters. The van der Waals surface area contributed by atoms with E-state index in [1.807, 2.05) is 0 Å². The largest absolute Gasteiger partial charge is 0.461 e. The molecule has 0 aliphatic rings. The topological polar surface area (TPSA) is 70.1 Å². The zero-order valence-electron chi connectivity index (χ0n) is 11.0. The average molecular weight is 299 g/mol. The number of nitrogens with zero attached hydrogens (tertiary/aromatic N) is 2. The highest BCUT2D eigenvalue weighted by Gasteiger charge is 2.30. The third-order valence-electron chi connectivity index (χ3n) is 2.74. The van der Waals surface area contributed by atoms with Crippen LogP contribution in [0.1, 0.15) is 23.0 Å². The summed E-state index contributed by atoms with van der Waals surface area (Å²) in [5.74, 6) is -0.735. The summed E-state index contributed by atoms with van der Waals surface area (Å²) < 4.78 is 43.7.